The number of benzene rings is 2. The molecular weight excluding hydrogens is 526 g/mol. The number of carbonyl (C=O) groups is 2. The summed E-state index contributed by atoms with van der Waals surface area (Å²) in [6.45, 7) is 4.10. The fourth-order valence-electron chi connectivity index (χ4n) is 4.87. The third kappa shape index (κ3) is 7.29. The van der Waals surface area contributed by atoms with Gasteiger partial charge in [0.05, 0.1) is 32.7 Å². The smallest absolute Gasteiger partial charge is 0.236 e. The molecule has 0 unspecified atom stereocenters. The SMILES string of the molecule is C[C@H](Cn1cccn1)N(CC(=O)N(C)C[C@@H]1COc2ccccc2O1)CC(=O)N(C)C[C@@H]1COc2ccccc2O1. The quantitative estimate of drug-likeness (QED) is 0.350. The topological polar surface area (TPSA) is 98.6 Å². The third-order valence-electron chi connectivity index (χ3n) is 7.25. The Morgan fingerprint density at radius 3 is 1.78 bits per heavy atom. The van der Waals surface area contributed by atoms with Gasteiger partial charge >= 0.3 is 0 Å². The van der Waals surface area contributed by atoms with Crippen LogP contribution in [0.15, 0.2) is 67.0 Å². The van der Waals surface area contributed by atoms with Gasteiger partial charge < -0.3 is 28.7 Å². The molecule has 2 aromatic carbocycles. The van der Waals surface area contributed by atoms with E-state index in [1.165, 1.54) is 0 Å². The molecule has 0 saturated heterocycles. The number of nitrogens with zero attached hydrogens (tertiary/aromatic N) is 5. The van der Waals surface area contributed by atoms with E-state index < -0.39 is 0 Å². The van der Waals surface area contributed by atoms with Crippen LogP contribution in [-0.2, 0) is 16.1 Å². The zero-order valence-electron chi connectivity index (χ0n) is 23.7. The molecule has 2 aliphatic rings. The first-order valence-electron chi connectivity index (χ1n) is 13.8. The molecule has 1 aromatic heterocycles. The lowest BCUT2D eigenvalue weighted by Crippen LogP contribution is -2.51. The summed E-state index contributed by atoms with van der Waals surface area (Å²) in [7, 11) is 3.49. The number of para-hydroxylation sites is 4. The minimum atomic E-state index is -0.288. The lowest BCUT2D eigenvalue weighted by atomic mass is 10.2. The van der Waals surface area contributed by atoms with Crippen LogP contribution in [0, 0.1) is 0 Å². The first-order chi connectivity index (χ1) is 19.9. The van der Waals surface area contributed by atoms with Crippen LogP contribution in [0.5, 0.6) is 23.0 Å². The van der Waals surface area contributed by atoms with Crippen LogP contribution in [0.25, 0.3) is 0 Å². The Bertz CT molecular complexity index is 1240. The van der Waals surface area contributed by atoms with Crippen molar-refractivity contribution >= 4 is 11.8 Å². The Kier molecular flexibility index (Phi) is 8.93. The number of hydrogen-bond acceptors (Lipinski definition) is 8. The third-order valence-corrected chi connectivity index (χ3v) is 7.25. The molecule has 3 aromatic rings. The van der Waals surface area contributed by atoms with Crippen molar-refractivity contribution in [2.45, 2.75) is 31.7 Å². The number of ether oxygens (including phenoxy) is 4. The molecule has 218 valence electrons. The Hall–Kier alpha value is -4.25. The van der Waals surface area contributed by atoms with Crippen molar-refractivity contribution in [1.29, 1.82) is 0 Å². The van der Waals surface area contributed by atoms with Crippen molar-refractivity contribution in [2.24, 2.45) is 0 Å². The van der Waals surface area contributed by atoms with Crippen LogP contribution >= 0.6 is 0 Å². The van der Waals surface area contributed by atoms with E-state index in [1.807, 2.05) is 72.6 Å². The average molecular weight is 564 g/mol. The molecule has 5 rings (SSSR count). The Morgan fingerprint density at radius 2 is 1.32 bits per heavy atom. The maximum Gasteiger partial charge on any atom is 0.236 e. The van der Waals surface area contributed by atoms with E-state index in [-0.39, 0.29) is 43.2 Å². The fraction of sp³-hybridized carbons (Fsp3) is 0.433. The minimum absolute atomic E-state index is 0.0685. The van der Waals surface area contributed by atoms with Gasteiger partial charge in [0.2, 0.25) is 11.8 Å². The van der Waals surface area contributed by atoms with E-state index in [9.17, 15) is 9.59 Å². The second kappa shape index (κ2) is 12.9. The summed E-state index contributed by atoms with van der Waals surface area (Å²) < 4.78 is 25.5. The predicted octanol–water partition coefficient (Wildman–Crippen LogP) is 2.17. The van der Waals surface area contributed by atoms with Crippen molar-refractivity contribution in [3.05, 3.63) is 67.0 Å². The number of rotatable bonds is 11. The molecule has 2 aliphatic heterocycles. The van der Waals surface area contributed by atoms with Gasteiger partial charge in [-0.15, -0.1) is 0 Å². The zero-order chi connectivity index (χ0) is 28.8. The van der Waals surface area contributed by atoms with Crippen LogP contribution in [0.4, 0.5) is 0 Å². The summed E-state index contributed by atoms with van der Waals surface area (Å²) in [5.41, 5.74) is 0. The van der Waals surface area contributed by atoms with E-state index in [4.69, 9.17) is 18.9 Å². The highest BCUT2D eigenvalue weighted by Crippen LogP contribution is 2.32. The number of carbonyl (C=O) groups excluding carboxylic acids is 2. The molecule has 41 heavy (non-hydrogen) atoms. The zero-order valence-corrected chi connectivity index (χ0v) is 23.7. The van der Waals surface area contributed by atoms with Crippen LogP contribution in [0.3, 0.4) is 0 Å². The van der Waals surface area contributed by atoms with Gasteiger partial charge in [0.15, 0.2) is 35.2 Å². The summed E-state index contributed by atoms with van der Waals surface area (Å²) in [6.07, 6.45) is 3.00. The van der Waals surface area contributed by atoms with Crippen molar-refractivity contribution in [1.82, 2.24) is 24.5 Å². The van der Waals surface area contributed by atoms with Crippen molar-refractivity contribution in [2.75, 3.05) is 53.5 Å². The second-order valence-electron chi connectivity index (χ2n) is 10.5. The van der Waals surface area contributed by atoms with E-state index in [1.54, 1.807) is 34.8 Å². The summed E-state index contributed by atoms with van der Waals surface area (Å²) in [6, 6.07) is 16.7. The van der Waals surface area contributed by atoms with Gasteiger partial charge in [-0.25, -0.2) is 0 Å². The van der Waals surface area contributed by atoms with Gasteiger partial charge in [-0.05, 0) is 37.3 Å². The molecule has 0 radical (unpaired) electrons. The van der Waals surface area contributed by atoms with Gasteiger partial charge in [0, 0.05) is 32.5 Å². The number of amides is 2. The van der Waals surface area contributed by atoms with Gasteiger partial charge in [-0.1, -0.05) is 24.3 Å². The molecule has 0 N–H and O–H groups in total. The second-order valence-corrected chi connectivity index (χ2v) is 10.5. The van der Waals surface area contributed by atoms with Crippen LogP contribution < -0.4 is 18.9 Å². The lowest BCUT2D eigenvalue weighted by molar-refractivity contribution is -0.137. The first-order valence-corrected chi connectivity index (χ1v) is 13.8. The van der Waals surface area contributed by atoms with Crippen molar-refractivity contribution in [3.63, 3.8) is 0 Å². The summed E-state index contributed by atoms with van der Waals surface area (Å²) in [4.78, 5) is 31.9. The van der Waals surface area contributed by atoms with E-state index in [0.29, 0.717) is 55.8 Å². The summed E-state index contributed by atoms with van der Waals surface area (Å²) >= 11 is 0. The number of likely N-dealkylation sites (N-methyl/N-ethyl adjacent to an activating group) is 2. The number of aromatic nitrogens is 2. The normalized spacial score (nSPS) is 18.0. The van der Waals surface area contributed by atoms with Crippen molar-refractivity contribution in [3.8, 4) is 23.0 Å². The maximum atomic E-state index is 13.4. The minimum Gasteiger partial charge on any atom is -0.486 e. The molecule has 0 saturated carbocycles. The Labute approximate surface area is 240 Å². The average Bonchev–Trinajstić information content (AvgIpc) is 3.49. The highest BCUT2D eigenvalue weighted by Gasteiger charge is 2.29. The molecule has 11 heteroatoms. The fourth-order valence-corrected chi connectivity index (χ4v) is 4.87. The van der Waals surface area contributed by atoms with Gasteiger partial charge in [0.1, 0.15) is 13.2 Å². The van der Waals surface area contributed by atoms with Gasteiger partial charge in [0.25, 0.3) is 0 Å². The highest BCUT2D eigenvalue weighted by atomic mass is 16.6. The Morgan fingerprint density at radius 1 is 0.829 bits per heavy atom. The van der Waals surface area contributed by atoms with E-state index >= 15 is 0 Å². The Balaban J connectivity index is 1.18. The van der Waals surface area contributed by atoms with Gasteiger partial charge in [-0.3, -0.25) is 19.2 Å². The lowest BCUT2D eigenvalue weighted by Gasteiger charge is -2.34. The van der Waals surface area contributed by atoms with Crippen molar-refractivity contribution < 1.29 is 28.5 Å². The molecule has 3 atom stereocenters. The predicted molar refractivity (Wildman–Crippen MR) is 151 cm³/mol. The molecule has 0 bridgehead atoms. The largest absolute Gasteiger partial charge is 0.486 e. The summed E-state index contributed by atoms with van der Waals surface area (Å²) in [5, 5.41) is 4.30. The molecule has 0 aliphatic carbocycles. The molecule has 11 nitrogen and oxygen atoms in total. The maximum absolute atomic E-state index is 13.4. The van der Waals surface area contributed by atoms with Crippen LogP contribution in [-0.4, -0.2) is 108 Å². The van der Waals surface area contributed by atoms with Gasteiger partial charge in [-0.2, -0.15) is 5.10 Å². The monoisotopic (exact) mass is 563 g/mol. The first kappa shape index (κ1) is 28.3. The highest BCUT2D eigenvalue weighted by molar-refractivity contribution is 5.81. The van der Waals surface area contributed by atoms with Crippen LogP contribution in [0.1, 0.15) is 6.92 Å². The van der Waals surface area contributed by atoms with Crippen LogP contribution in [0.2, 0.25) is 0 Å². The summed E-state index contributed by atoms with van der Waals surface area (Å²) in [5.74, 6) is 2.51. The molecule has 0 spiro atoms. The van der Waals surface area contributed by atoms with E-state index in [0.717, 1.165) is 0 Å². The molecule has 0 fully saturated rings. The molecular formula is C30H37N5O6. The molecule has 2 amide bonds. The number of hydrogen-bond donors (Lipinski definition) is 0. The molecule has 3 heterocycles. The number of fused-ring (bicyclic) bond motifs is 2. The van der Waals surface area contributed by atoms with E-state index in [2.05, 4.69) is 5.10 Å². The standard InChI is InChI=1S/C30H37N5O6/c1-22(15-35-14-8-13-31-35)34(18-29(36)32(2)16-23-20-38-25-9-4-6-11-27(25)40-23)19-30(37)33(3)17-24-21-39-26-10-5-7-12-28(26)41-24/h4-14,22-24H,15-21H2,1-3H3/t22-,23-,24-/m1/s1.